The predicted molar refractivity (Wildman–Crippen MR) is 59.2 cm³/mol. The lowest BCUT2D eigenvalue weighted by Crippen LogP contribution is -2.40. The number of hydrogen-bond donors (Lipinski definition) is 2. The predicted octanol–water partition coefficient (Wildman–Crippen LogP) is 0.630. The molecule has 1 aromatic heterocycles. The highest BCUT2D eigenvalue weighted by atomic mass is 16.3. The number of pyridine rings is 1. The van der Waals surface area contributed by atoms with E-state index in [1.165, 1.54) is 17.2 Å². The van der Waals surface area contributed by atoms with Crippen LogP contribution >= 0.6 is 0 Å². The van der Waals surface area contributed by atoms with Crippen LogP contribution in [0.2, 0.25) is 0 Å². The van der Waals surface area contributed by atoms with Gasteiger partial charge in [0, 0.05) is 19.8 Å². The van der Waals surface area contributed by atoms with Crippen LogP contribution in [0, 0.1) is 0 Å². The lowest BCUT2D eigenvalue weighted by atomic mass is 10.1. The second kappa shape index (κ2) is 4.49. The first-order valence-electron chi connectivity index (χ1n) is 4.93. The number of carbonyl (C=O) groups is 1. The summed E-state index contributed by atoms with van der Waals surface area (Å²) in [7, 11) is 1.55. The summed E-state index contributed by atoms with van der Waals surface area (Å²) in [6, 6.07) is 2.94. The van der Waals surface area contributed by atoms with Crippen LogP contribution in [0.5, 0.6) is 5.75 Å². The minimum Gasteiger partial charge on any atom is -0.505 e. The third-order valence-corrected chi connectivity index (χ3v) is 1.96. The average molecular weight is 224 g/mol. The molecule has 0 unspecified atom stereocenters. The zero-order valence-electron chi connectivity index (χ0n) is 9.64. The van der Waals surface area contributed by atoms with Gasteiger partial charge >= 0.3 is 0 Å². The lowest BCUT2D eigenvalue weighted by molar-refractivity contribution is 0.0363. The first-order chi connectivity index (χ1) is 7.31. The Hall–Kier alpha value is -1.62. The van der Waals surface area contributed by atoms with E-state index in [1.807, 2.05) is 0 Å². The van der Waals surface area contributed by atoms with E-state index in [0.717, 1.165) is 0 Å². The number of aromatic hydroxyl groups is 1. The fraction of sp³-hybridized carbons (Fsp3) is 0.455. The molecule has 0 spiro atoms. The standard InChI is InChI=1S/C11H16N2O3/c1-11(2,16)7-13(3)10(15)9-8(14)5-4-6-12-9/h4-6,14,16H,7H2,1-3H3. The Morgan fingerprint density at radius 3 is 2.69 bits per heavy atom. The number of aliphatic hydroxyl groups is 1. The maximum atomic E-state index is 11.8. The van der Waals surface area contributed by atoms with Gasteiger partial charge in [0.05, 0.1) is 5.60 Å². The Labute approximate surface area is 94.4 Å². The maximum Gasteiger partial charge on any atom is 0.276 e. The van der Waals surface area contributed by atoms with Gasteiger partial charge < -0.3 is 15.1 Å². The highest BCUT2D eigenvalue weighted by Crippen LogP contribution is 2.15. The van der Waals surface area contributed by atoms with Gasteiger partial charge in [0.2, 0.25) is 0 Å². The van der Waals surface area contributed by atoms with Gasteiger partial charge in [0.15, 0.2) is 5.69 Å². The van der Waals surface area contributed by atoms with E-state index in [-0.39, 0.29) is 18.0 Å². The Bertz CT molecular complexity index is 385. The van der Waals surface area contributed by atoms with Crippen molar-refractivity contribution in [1.82, 2.24) is 9.88 Å². The van der Waals surface area contributed by atoms with Gasteiger partial charge in [0.1, 0.15) is 5.75 Å². The number of aromatic nitrogens is 1. The van der Waals surface area contributed by atoms with Crippen molar-refractivity contribution >= 4 is 5.91 Å². The minimum absolute atomic E-state index is 0.00532. The summed E-state index contributed by atoms with van der Waals surface area (Å²) in [6.45, 7) is 3.38. The summed E-state index contributed by atoms with van der Waals surface area (Å²) in [5.41, 5.74) is -0.983. The van der Waals surface area contributed by atoms with Crippen LogP contribution in [-0.4, -0.2) is 45.2 Å². The summed E-state index contributed by atoms with van der Waals surface area (Å²) >= 11 is 0. The smallest absolute Gasteiger partial charge is 0.276 e. The quantitative estimate of drug-likeness (QED) is 0.789. The van der Waals surface area contributed by atoms with Crippen molar-refractivity contribution in [3.8, 4) is 5.75 Å². The molecule has 88 valence electrons. The number of nitrogens with zero attached hydrogens (tertiary/aromatic N) is 2. The van der Waals surface area contributed by atoms with E-state index in [4.69, 9.17) is 0 Å². The molecule has 1 heterocycles. The number of carbonyl (C=O) groups excluding carboxylic acids is 1. The van der Waals surface area contributed by atoms with Crippen LogP contribution in [0.4, 0.5) is 0 Å². The number of amides is 1. The van der Waals surface area contributed by atoms with Gasteiger partial charge in [-0.25, -0.2) is 4.98 Å². The number of rotatable bonds is 3. The van der Waals surface area contributed by atoms with Crippen LogP contribution < -0.4 is 0 Å². The molecule has 1 rings (SSSR count). The first kappa shape index (κ1) is 12.4. The zero-order chi connectivity index (χ0) is 12.3. The molecule has 0 aliphatic heterocycles. The molecular weight excluding hydrogens is 208 g/mol. The molecule has 5 heteroatoms. The van der Waals surface area contributed by atoms with Gasteiger partial charge in [-0.15, -0.1) is 0 Å². The third-order valence-electron chi connectivity index (χ3n) is 1.96. The van der Waals surface area contributed by atoms with Crippen molar-refractivity contribution in [2.45, 2.75) is 19.4 Å². The van der Waals surface area contributed by atoms with E-state index in [0.29, 0.717) is 0 Å². The van der Waals surface area contributed by atoms with E-state index in [9.17, 15) is 15.0 Å². The molecule has 0 aliphatic carbocycles. The molecule has 0 fully saturated rings. The molecule has 0 radical (unpaired) electrons. The van der Waals surface area contributed by atoms with E-state index in [2.05, 4.69) is 4.98 Å². The summed E-state index contributed by atoms with van der Waals surface area (Å²) in [6.07, 6.45) is 1.44. The number of likely N-dealkylation sites (N-methyl/N-ethyl adjacent to an activating group) is 1. The van der Waals surface area contributed by atoms with Gasteiger partial charge in [-0.2, -0.15) is 0 Å². The van der Waals surface area contributed by atoms with Crippen LogP contribution in [0.3, 0.4) is 0 Å². The molecule has 16 heavy (non-hydrogen) atoms. The van der Waals surface area contributed by atoms with Crippen molar-refractivity contribution in [2.24, 2.45) is 0 Å². The minimum atomic E-state index is -0.977. The summed E-state index contributed by atoms with van der Waals surface area (Å²) in [5, 5.41) is 19.0. The summed E-state index contributed by atoms with van der Waals surface area (Å²) < 4.78 is 0. The monoisotopic (exact) mass is 224 g/mol. The van der Waals surface area contributed by atoms with Gasteiger partial charge in [-0.3, -0.25) is 4.79 Å². The first-order valence-corrected chi connectivity index (χ1v) is 4.93. The normalized spacial score (nSPS) is 11.2. The highest BCUT2D eigenvalue weighted by Gasteiger charge is 2.22. The fourth-order valence-corrected chi connectivity index (χ4v) is 1.39. The summed E-state index contributed by atoms with van der Waals surface area (Å²) in [4.78, 5) is 17.0. The molecule has 2 N–H and O–H groups in total. The Balaban J connectivity index is 2.83. The fourth-order valence-electron chi connectivity index (χ4n) is 1.39. The molecule has 0 saturated heterocycles. The molecule has 5 nitrogen and oxygen atoms in total. The molecular formula is C11H16N2O3. The average Bonchev–Trinajstić information content (AvgIpc) is 2.15. The SMILES string of the molecule is CN(CC(C)(C)O)C(=O)c1ncccc1O. The van der Waals surface area contributed by atoms with Crippen LogP contribution in [-0.2, 0) is 0 Å². The van der Waals surface area contributed by atoms with Crippen molar-refractivity contribution in [2.75, 3.05) is 13.6 Å². The van der Waals surface area contributed by atoms with E-state index in [1.54, 1.807) is 27.0 Å². The second-order valence-electron chi connectivity index (χ2n) is 4.34. The maximum absolute atomic E-state index is 11.8. The molecule has 0 saturated carbocycles. The molecule has 0 aromatic carbocycles. The molecule has 1 aromatic rings. The van der Waals surface area contributed by atoms with Gasteiger partial charge in [-0.05, 0) is 26.0 Å². The van der Waals surface area contributed by atoms with Crippen LogP contribution in [0.15, 0.2) is 18.3 Å². The Kier molecular flexibility index (Phi) is 3.49. The largest absolute Gasteiger partial charge is 0.505 e. The van der Waals surface area contributed by atoms with Crippen molar-refractivity contribution in [3.63, 3.8) is 0 Å². The topological polar surface area (TPSA) is 73.7 Å². The lowest BCUT2D eigenvalue weighted by Gasteiger charge is -2.25. The summed E-state index contributed by atoms with van der Waals surface area (Å²) in [5.74, 6) is -0.574. The Morgan fingerprint density at radius 2 is 2.19 bits per heavy atom. The molecule has 0 atom stereocenters. The van der Waals surface area contributed by atoms with E-state index < -0.39 is 11.5 Å². The highest BCUT2D eigenvalue weighted by molar-refractivity contribution is 5.94. The number of hydrogen-bond acceptors (Lipinski definition) is 4. The van der Waals surface area contributed by atoms with Gasteiger partial charge in [-0.1, -0.05) is 0 Å². The zero-order valence-corrected chi connectivity index (χ0v) is 9.64. The second-order valence-corrected chi connectivity index (χ2v) is 4.34. The van der Waals surface area contributed by atoms with Crippen molar-refractivity contribution < 1.29 is 15.0 Å². The van der Waals surface area contributed by atoms with Crippen molar-refractivity contribution in [3.05, 3.63) is 24.0 Å². The van der Waals surface area contributed by atoms with Crippen LogP contribution in [0.25, 0.3) is 0 Å². The Morgan fingerprint density at radius 1 is 1.56 bits per heavy atom. The molecule has 0 aliphatic rings. The molecule has 1 amide bonds. The van der Waals surface area contributed by atoms with E-state index >= 15 is 0 Å². The van der Waals surface area contributed by atoms with Gasteiger partial charge in [0.25, 0.3) is 5.91 Å². The third kappa shape index (κ3) is 3.20. The van der Waals surface area contributed by atoms with Crippen LogP contribution in [0.1, 0.15) is 24.3 Å². The van der Waals surface area contributed by atoms with Crippen molar-refractivity contribution in [1.29, 1.82) is 0 Å². The molecule has 0 bridgehead atoms.